The molecule has 0 saturated carbocycles. The summed E-state index contributed by atoms with van der Waals surface area (Å²) in [5.74, 6) is 1.12. The molecule has 1 saturated heterocycles. The van der Waals surface area contributed by atoms with Crippen LogP contribution in [0, 0.1) is 6.92 Å². The number of aromatic nitrogens is 1. The fourth-order valence-electron chi connectivity index (χ4n) is 3.79. The van der Waals surface area contributed by atoms with E-state index >= 15 is 0 Å². The number of benzene rings is 2. The Labute approximate surface area is 158 Å². The summed E-state index contributed by atoms with van der Waals surface area (Å²) in [6.45, 7) is 2.82. The molecule has 1 aliphatic heterocycles. The van der Waals surface area contributed by atoms with Crippen LogP contribution in [0.5, 0.6) is 5.75 Å². The highest BCUT2D eigenvalue weighted by atomic mass is 16.5. The molecule has 27 heavy (non-hydrogen) atoms. The van der Waals surface area contributed by atoms with Crippen LogP contribution in [0.4, 0.5) is 0 Å². The molecule has 2 aromatic carbocycles. The lowest BCUT2D eigenvalue weighted by molar-refractivity contribution is 0.0725. The minimum Gasteiger partial charge on any atom is -0.496 e. The van der Waals surface area contributed by atoms with Gasteiger partial charge in [0.1, 0.15) is 5.75 Å². The molecule has 1 aromatic heterocycles. The van der Waals surface area contributed by atoms with Crippen LogP contribution in [-0.4, -0.2) is 29.6 Å². The highest BCUT2D eigenvalue weighted by molar-refractivity contribution is 5.93. The van der Waals surface area contributed by atoms with Crippen molar-refractivity contribution in [1.29, 1.82) is 0 Å². The first-order valence-corrected chi connectivity index (χ1v) is 9.15. The molecule has 0 radical (unpaired) electrons. The molecule has 4 rings (SSSR count). The molecular weight excluding hydrogens is 340 g/mol. The molecule has 1 aliphatic rings. The Morgan fingerprint density at radius 2 is 1.96 bits per heavy atom. The highest BCUT2D eigenvalue weighted by Gasteiger charge is 2.33. The summed E-state index contributed by atoms with van der Waals surface area (Å²) >= 11 is 0. The molecule has 1 amide bonds. The molecular formula is C22H22N2O3. The van der Waals surface area contributed by atoms with Crippen LogP contribution in [0.15, 0.2) is 59.1 Å². The number of rotatable bonds is 4. The number of hydrogen-bond acceptors (Lipinski definition) is 4. The third-order valence-electron chi connectivity index (χ3n) is 5.16. The van der Waals surface area contributed by atoms with E-state index in [1.807, 2.05) is 41.3 Å². The number of hydrogen-bond donors (Lipinski definition) is 0. The number of aryl methyl sites for hydroxylation is 1. The van der Waals surface area contributed by atoms with E-state index in [1.54, 1.807) is 13.2 Å². The third kappa shape index (κ3) is 3.21. The molecule has 1 atom stereocenters. The van der Waals surface area contributed by atoms with Crippen molar-refractivity contribution < 1.29 is 14.1 Å². The Balaban J connectivity index is 1.62. The van der Waals surface area contributed by atoms with Crippen molar-refractivity contribution in [2.24, 2.45) is 0 Å². The van der Waals surface area contributed by atoms with E-state index in [2.05, 4.69) is 24.2 Å². The second-order valence-electron chi connectivity index (χ2n) is 6.79. The van der Waals surface area contributed by atoms with Crippen LogP contribution in [0.1, 0.15) is 40.5 Å². The molecule has 0 bridgehead atoms. The molecule has 5 heteroatoms. The van der Waals surface area contributed by atoms with Gasteiger partial charge in [-0.2, -0.15) is 0 Å². The van der Waals surface area contributed by atoms with Gasteiger partial charge in [-0.25, -0.2) is 0 Å². The van der Waals surface area contributed by atoms with Crippen LogP contribution >= 0.6 is 0 Å². The standard InChI is InChI=1S/C22H22N2O3/c1-15-8-3-4-9-16(15)19-11-7-13-24(19)22(25)18-14-21(27-23-18)17-10-5-6-12-20(17)26-2/h3-6,8-10,12,14,19H,7,11,13H2,1-2H3/t19-/m0/s1. The van der Waals surface area contributed by atoms with E-state index in [4.69, 9.17) is 9.26 Å². The first kappa shape index (κ1) is 17.3. The van der Waals surface area contributed by atoms with Crippen molar-refractivity contribution >= 4 is 5.91 Å². The van der Waals surface area contributed by atoms with Gasteiger partial charge in [-0.15, -0.1) is 0 Å². The van der Waals surface area contributed by atoms with Crippen molar-refractivity contribution in [3.05, 3.63) is 71.4 Å². The predicted molar refractivity (Wildman–Crippen MR) is 103 cm³/mol. The zero-order chi connectivity index (χ0) is 18.8. The lowest BCUT2D eigenvalue weighted by atomic mass is 9.99. The molecule has 138 valence electrons. The lowest BCUT2D eigenvalue weighted by Crippen LogP contribution is -2.31. The molecule has 0 aliphatic carbocycles. The SMILES string of the molecule is COc1ccccc1-c1cc(C(=O)N2CCC[C@H]2c2ccccc2C)no1. The zero-order valence-electron chi connectivity index (χ0n) is 15.5. The summed E-state index contributed by atoms with van der Waals surface area (Å²) in [7, 11) is 1.61. The maximum absolute atomic E-state index is 13.1. The Kier molecular flexibility index (Phi) is 4.67. The maximum atomic E-state index is 13.1. The van der Waals surface area contributed by atoms with E-state index in [9.17, 15) is 4.79 Å². The van der Waals surface area contributed by atoms with E-state index in [0.29, 0.717) is 17.2 Å². The number of methoxy groups -OCH3 is 1. The van der Waals surface area contributed by atoms with Crippen LogP contribution in [-0.2, 0) is 0 Å². The molecule has 0 unspecified atom stereocenters. The van der Waals surface area contributed by atoms with Crippen molar-refractivity contribution in [1.82, 2.24) is 10.1 Å². The Hall–Kier alpha value is -3.08. The predicted octanol–water partition coefficient (Wildman–Crippen LogP) is 4.64. The molecule has 1 fully saturated rings. The molecule has 5 nitrogen and oxygen atoms in total. The topological polar surface area (TPSA) is 55.6 Å². The van der Waals surface area contributed by atoms with Gasteiger partial charge < -0.3 is 14.2 Å². The van der Waals surface area contributed by atoms with Gasteiger partial charge in [0.2, 0.25) is 0 Å². The van der Waals surface area contributed by atoms with Crippen molar-refractivity contribution in [2.75, 3.05) is 13.7 Å². The quantitative estimate of drug-likeness (QED) is 0.679. The number of amides is 1. The average molecular weight is 362 g/mol. The largest absolute Gasteiger partial charge is 0.496 e. The number of carbonyl (C=O) groups excluding carboxylic acids is 1. The number of nitrogens with zero attached hydrogens (tertiary/aromatic N) is 2. The Morgan fingerprint density at radius 1 is 1.19 bits per heavy atom. The lowest BCUT2D eigenvalue weighted by Gasteiger charge is -2.25. The molecule has 3 aromatic rings. The van der Waals surface area contributed by atoms with Gasteiger partial charge in [-0.1, -0.05) is 41.6 Å². The van der Waals surface area contributed by atoms with Crippen LogP contribution in [0.25, 0.3) is 11.3 Å². The fraction of sp³-hybridized carbons (Fsp3) is 0.273. The number of likely N-dealkylation sites (tertiary alicyclic amines) is 1. The zero-order valence-corrected chi connectivity index (χ0v) is 15.5. The van der Waals surface area contributed by atoms with Crippen molar-refractivity contribution in [3.63, 3.8) is 0 Å². The average Bonchev–Trinajstić information content (AvgIpc) is 3.38. The first-order valence-electron chi connectivity index (χ1n) is 9.15. The summed E-state index contributed by atoms with van der Waals surface area (Å²) < 4.78 is 10.8. The summed E-state index contributed by atoms with van der Waals surface area (Å²) in [4.78, 5) is 15.0. The minimum absolute atomic E-state index is 0.0881. The first-order chi connectivity index (χ1) is 13.2. The monoisotopic (exact) mass is 362 g/mol. The Bertz CT molecular complexity index is 963. The van der Waals surface area contributed by atoms with Crippen molar-refractivity contribution in [3.8, 4) is 17.1 Å². The van der Waals surface area contributed by atoms with Crippen LogP contribution < -0.4 is 4.74 Å². The van der Waals surface area contributed by atoms with Gasteiger partial charge in [0, 0.05) is 12.6 Å². The molecule has 2 heterocycles. The second kappa shape index (κ2) is 7.27. The number of carbonyl (C=O) groups is 1. The summed E-state index contributed by atoms with van der Waals surface area (Å²) in [6.07, 6.45) is 1.95. The van der Waals surface area contributed by atoms with Gasteiger partial charge in [0.05, 0.1) is 18.7 Å². The highest BCUT2D eigenvalue weighted by Crippen LogP contribution is 2.35. The van der Waals surface area contributed by atoms with Crippen molar-refractivity contribution in [2.45, 2.75) is 25.8 Å². The number of para-hydroxylation sites is 1. The third-order valence-corrected chi connectivity index (χ3v) is 5.16. The van der Waals surface area contributed by atoms with E-state index < -0.39 is 0 Å². The summed E-state index contributed by atoms with van der Waals surface area (Å²) in [5, 5.41) is 4.04. The van der Waals surface area contributed by atoms with Crippen LogP contribution in [0.2, 0.25) is 0 Å². The number of ether oxygens (including phenoxy) is 1. The van der Waals surface area contributed by atoms with Crippen LogP contribution in [0.3, 0.4) is 0 Å². The van der Waals surface area contributed by atoms with Gasteiger partial charge in [-0.05, 0) is 43.0 Å². The maximum Gasteiger partial charge on any atom is 0.276 e. The van der Waals surface area contributed by atoms with Gasteiger partial charge in [0.15, 0.2) is 11.5 Å². The summed E-state index contributed by atoms with van der Waals surface area (Å²) in [5.41, 5.74) is 3.52. The van der Waals surface area contributed by atoms with E-state index in [0.717, 1.165) is 24.9 Å². The smallest absolute Gasteiger partial charge is 0.276 e. The second-order valence-corrected chi connectivity index (χ2v) is 6.79. The van der Waals surface area contributed by atoms with E-state index in [-0.39, 0.29) is 11.9 Å². The summed E-state index contributed by atoms with van der Waals surface area (Å²) in [6, 6.07) is 17.6. The van der Waals surface area contributed by atoms with Gasteiger partial charge >= 0.3 is 0 Å². The molecule has 0 spiro atoms. The van der Waals surface area contributed by atoms with Gasteiger partial charge in [-0.3, -0.25) is 4.79 Å². The minimum atomic E-state index is -0.0920. The van der Waals surface area contributed by atoms with E-state index in [1.165, 1.54) is 11.1 Å². The fourth-order valence-corrected chi connectivity index (χ4v) is 3.79. The normalized spacial score (nSPS) is 16.5. The van der Waals surface area contributed by atoms with Gasteiger partial charge in [0.25, 0.3) is 5.91 Å². The molecule has 0 N–H and O–H groups in total. The Morgan fingerprint density at radius 3 is 2.78 bits per heavy atom.